The minimum absolute atomic E-state index is 0.898. The van der Waals surface area contributed by atoms with Crippen LogP contribution in [0.1, 0.15) is 0 Å². The van der Waals surface area contributed by atoms with Crippen LogP contribution in [0, 0.1) is 0 Å². The summed E-state index contributed by atoms with van der Waals surface area (Å²) < 4.78 is 10.3. The number of rotatable bonds is 2. The van der Waals surface area contributed by atoms with Crippen molar-refractivity contribution in [3.63, 3.8) is 0 Å². The van der Waals surface area contributed by atoms with Crippen LogP contribution in [-0.2, 0) is 0 Å². The van der Waals surface area contributed by atoms with E-state index in [1.807, 2.05) is 54.7 Å². The molecule has 0 radical (unpaired) electrons. The van der Waals surface area contributed by atoms with E-state index in [2.05, 4.69) is 23.2 Å². The largest absolute Gasteiger partial charge is 0.497 e. The first-order valence-electron chi connectivity index (χ1n) is 7.71. The van der Waals surface area contributed by atoms with Crippen molar-refractivity contribution in [2.45, 2.75) is 0 Å². The van der Waals surface area contributed by atoms with Crippen LogP contribution in [0.4, 0.5) is 0 Å². The second-order valence-electron chi connectivity index (χ2n) is 5.27. The Morgan fingerprint density at radius 1 is 0.708 bits per heavy atom. The molecular weight excluding hydrogens is 298 g/mol. The zero-order valence-electron chi connectivity index (χ0n) is 13.8. The van der Waals surface area contributed by atoms with Crippen molar-refractivity contribution in [3.8, 4) is 11.5 Å². The summed E-state index contributed by atoms with van der Waals surface area (Å²) in [6.45, 7) is 0. The van der Waals surface area contributed by atoms with E-state index in [0.717, 1.165) is 22.3 Å². The van der Waals surface area contributed by atoms with E-state index in [0.29, 0.717) is 0 Å². The Bertz CT molecular complexity index is 939. The molecule has 3 nitrogen and oxygen atoms in total. The molecule has 0 unspecified atom stereocenters. The maximum atomic E-state index is 5.20. The highest BCUT2D eigenvalue weighted by atomic mass is 16.5. The summed E-state index contributed by atoms with van der Waals surface area (Å²) in [5.74, 6) is 1.81. The van der Waals surface area contributed by atoms with E-state index < -0.39 is 0 Å². The molecule has 0 bridgehead atoms. The normalized spacial score (nSPS) is 10.1. The van der Waals surface area contributed by atoms with Crippen molar-refractivity contribution in [1.29, 1.82) is 0 Å². The molecule has 0 fully saturated rings. The Morgan fingerprint density at radius 2 is 1.50 bits per heavy atom. The van der Waals surface area contributed by atoms with Gasteiger partial charge < -0.3 is 9.47 Å². The number of fused-ring (bicyclic) bond motifs is 2. The molecule has 0 N–H and O–H groups in total. The van der Waals surface area contributed by atoms with Crippen LogP contribution in [0.15, 0.2) is 79.1 Å². The quantitative estimate of drug-likeness (QED) is 0.516. The maximum Gasteiger partial charge on any atom is 0.126 e. The number of hydrogen-bond acceptors (Lipinski definition) is 3. The van der Waals surface area contributed by atoms with E-state index in [-0.39, 0.29) is 0 Å². The van der Waals surface area contributed by atoms with Gasteiger partial charge in [0.2, 0.25) is 0 Å². The van der Waals surface area contributed by atoms with Crippen molar-refractivity contribution < 1.29 is 9.47 Å². The van der Waals surface area contributed by atoms with Gasteiger partial charge in [0.15, 0.2) is 0 Å². The summed E-state index contributed by atoms with van der Waals surface area (Å²) >= 11 is 0. The van der Waals surface area contributed by atoms with Gasteiger partial charge in [-0.05, 0) is 35.0 Å². The number of hydrogen-bond donors (Lipinski definition) is 0. The van der Waals surface area contributed by atoms with Crippen LogP contribution in [0.2, 0.25) is 0 Å². The Morgan fingerprint density at radius 3 is 2.29 bits per heavy atom. The van der Waals surface area contributed by atoms with Gasteiger partial charge in [0.1, 0.15) is 11.5 Å². The van der Waals surface area contributed by atoms with Gasteiger partial charge in [-0.15, -0.1) is 0 Å². The summed E-state index contributed by atoms with van der Waals surface area (Å²) in [4.78, 5) is 4.03. The zero-order chi connectivity index (χ0) is 16.8. The Hall–Kier alpha value is -3.07. The molecule has 0 atom stereocenters. The van der Waals surface area contributed by atoms with Gasteiger partial charge in [-0.1, -0.05) is 42.5 Å². The van der Waals surface area contributed by atoms with Crippen LogP contribution in [-0.4, -0.2) is 19.2 Å². The molecule has 3 aromatic carbocycles. The number of pyridine rings is 1. The predicted molar refractivity (Wildman–Crippen MR) is 98.8 cm³/mol. The topological polar surface area (TPSA) is 31.4 Å². The second kappa shape index (κ2) is 7.47. The molecule has 3 heteroatoms. The molecule has 1 aromatic heterocycles. The van der Waals surface area contributed by atoms with Crippen LogP contribution < -0.4 is 9.47 Å². The molecule has 1 heterocycles. The van der Waals surface area contributed by atoms with E-state index in [4.69, 9.17) is 9.47 Å². The van der Waals surface area contributed by atoms with E-state index in [9.17, 15) is 0 Å². The molecule has 0 amide bonds. The van der Waals surface area contributed by atoms with E-state index in [1.165, 1.54) is 10.8 Å². The fourth-order valence-electron chi connectivity index (χ4n) is 2.57. The maximum absolute atomic E-state index is 5.20. The smallest absolute Gasteiger partial charge is 0.126 e. The number of aromatic nitrogens is 1. The lowest BCUT2D eigenvalue weighted by molar-refractivity contribution is 0.415. The Kier molecular flexibility index (Phi) is 4.92. The predicted octanol–water partition coefficient (Wildman–Crippen LogP) is 5.09. The third-order valence-electron chi connectivity index (χ3n) is 3.82. The summed E-state index contributed by atoms with van der Waals surface area (Å²) in [5, 5.41) is 4.68. The molecule has 24 heavy (non-hydrogen) atoms. The molecule has 0 saturated carbocycles. The summed E-state index contributed by atoms with van der Waals surface area (Å²) in [6.07, 6.45) is 3.60. The SMILES string of the molecule is COc1ccc2ccccc2c1.COc1cccc2cnccc12. The van der Waals surface area contributed by atoms with Gasteiger partial charge in [-0.25, -0.2) is 0 Å². The highest BCUT2D eigenvalue weighted by molar-refractivity contribution is 5.87. The number of methoxy groups -OCH3 is 2. The van der Waals surface area contributed by atoms with Crippen LogP contribution in [0.3, 0.4) is 0 Å². The van der Waals surface area contributed by atoms with Gasteiger partial charge >= 0.3 is 0 Å². The van der Waals surface area contributed by atoms with E-state index in [1.54, 1.807) is 20.4 Å². The van der Waals surface area contributed by atoms with Crippen molar-refractivity contribution in [1.82, 2.24) is 4.98 Å². The average Bonchev–Trinajstić information content (AvgIpc) is 2.67. The van der Waals surface area contributed by atoms with Crippen molar-refractivity contribution in [2.75, 3.05) is 14.2 Å². The zero-order valence-corrected chi connectivity index (χ0v) is 13.8. The number of benzene rings is 3. The molecule has 0 aliphatic heterocycles. The molecule has 0 saturated heterocycles. The lowest BCUT2D eigenvalue weighted by Crippen LogP contribution is -1.84. The third kappa shape index (κ3) is 3.46. The first-order chi connectivity index (χ1) is 11.8. The Labute approximate surface area is 141 Å². The van der Waals surface area contributed by atoms with Crippen molar-refractivity contribution in [3.05, 3.63) is 79.1 Å². The lowest BCUT2D eigenvalue weighted by atomic mass is 10.1. The Balaban J connectivity index is 0.000000141. The first-order valence-corrected chi connectivity index (χ1v) is 7.71. The van der Waals surface area contributed by atoms with Gasteiger partial charge in [0, 0.05) is 23.2 Å². The lowest BCUT2D eigenvalue weighted by Gasteiger charge is -2.02. The standard InChI is InChI=1S/C11H10O.C10H9NO/c1-12-11-7-6-9-4-2-3-5-10(9)8-11;1-12-10-4-2-3-8-7-11-6-5-9(8)10/h2-8H,1H3;2-7H,1H3. The fourth-order valence-corrected chi connectivity index (χ4v) is 2.57. The van der Waals surface area contributed by atoms with Gasteiger partial charge in [0.25, 0.3) is 0 Å². The van der Waals surface area contributed by atoms with Gasteiger partial charge in [-0.2, -0.15) is 0 Å². The number of nitrogens with zero attached hydrogens (tertiary/aromatic N) is 1. The highest BCUT2D eigenvalue weighted by Crippen LogP contribution is 2.23. The molecular formula is C21H19NO2. The molecule has 0 aliphatic rings. The van der Waals surface area contributed by atoms with E-state index >= 15 is 0 Å². The molecule has 120 valence electrons. The van der Waals surface area contributed by atoms with Gasteiger partial charge in [0.05, 0.1) is 14.2 Å². The first kappa shape index (κ1) is 15.8. The summed E-state index contributed by atoms with van der Waals surface area (Å²) in [7, 11) is 3.36. The molecule has 4 rings (SSSR count). The summed E-state index contributed by atoms with van der Waals surface area (Å²) in [5.41, 5.74) is 0. The highest BCUT2D eigenvalue weighted by Gasteiger charge is 1.97. The third-order valence-corrected chi connectivity index (χ3v) is 3.82. The van der Waals surface area contributed by atoms with Crippen LogP contribution >= 0.6 is 0 Å². The molecule has 0 spiro atoms. The monoisotopic (exact) mass is 317 g/mol. The minimum Gasteiger partial charge on any atom is -0.497 e. The summed E-state index contributed by atoms with van der Waals surface area (Å²) in [6, 6.07) is 22.2. The van der Waals surface area contributed by atoms with Crippen molar-refractivity contribution >= 4 is 21.5 Å². The van der Waals surface area contributed by atoms with Crippen LogP contribution in [0.5, 0.6) is 11.5 Å². The molecule has 0 aliphatic carbocycles. The van der Waals surface area contributed by atoms with Crippen molar-refractivity contribution in [2.24, 2.45) is 0 Å². The fraction of sp³-hybridized carbons (Fsp3) is 0.0952. The second-order valence-corrected chi connectivity index (χ2v) is 5.27. The average molecular weight is 317 g/mol. The number of ether oxygens (including phenoxy) is 2. The van der Waals surface area contributed by atoms with Gasteiger partial charge in [-0.3, -0.25) is 4.98 Å². The van der Waals surface area contributed by atoms with Crippen LogP contribution in [0.25, 0.3) is 21.5 Å². The minimum atomic E-state index is 0.898. The molecule has 4 aromatic rings.